The monoisotopic (exact) mass is 253 g/mol. The summed E-state index contributed by atoms with van der Waals surface area (Å²) in [6.07, 6.45) is 0. The number of fused-ring (bicyclic) bond motifs is 1. The number of hydrogen-bond donors (Lipinski definition) is 1. The smallest absolute Gasteiger partial charge is 0.156 e. The zero-order chi connectivity index (χ0) is 13.2. The first-order chi connectivity index (χ1) is 9.28. The third kappa shape index (κ3) is 2.20. The van der Waals surface area contributed by atoms with Crippen LogP contribution in [0.3, 0.4) is 0 Å². The fourth-order valence-electron chi connectivity index (χ4n) is 2.17. The van der Waals surface area contributed by atoms with Crippen molar-refractivity contribution in [2.24, 2.45) is 0 Å². The summed E-state index contributed by atoms with van der Waals surface area (Å²) in [7, 11) is 1.93. The fourth-order valence-corrected chi connectivity index (χ4v) is 2.17. The Kier molecular flexibility index (Phi) is 2.97. The molecular formula is C14H15N5. The Labute approximate surface area is 111 Å². The van der Waals surface area contributed by atoms with Gasteiger partial charge in [0.2, 0.25) is 0 Å². The SMILES string of the molecule is CNCc1cc(C)nc(-n2nnc3ccccc32)c1. The summed E-state index contributed by atoms with van der Waals surface area (Å²) in [5.41, 5.74) is 4.00. The van der Waals surface area contributed by atoms with Crippen molar-refractivity contribution < 1.29 is 0 Å². The topological polar surface area (TPSA) is 55.6 Å². The van der Waals surface area contributed by atoms with Crippen molar-refractivity contribution in [2.75, 3.05) is 7.05 Å². The highest BCUT2D eigenvalue weighted by Crippen LogP contribution is 2.16. The lowest BCUT2D eigenvalue weighted by Crippen LogP contribution is -2.08. The van der Waals surface area contributed by atoms with E-state index in [0.717, 1.165) is 29.1 Å². The van der Waals surface area contributed by atoms with Crippen LogP contribution >= 0.6 is 0 Å². The molecule has 0 amide bonds. The van der Waals surface area contributed by atoms with E-state index in [-0.39, 0.29) is 0 Å². The Morgan fingerprint density at radius 3 is 2.89 bits per heavy atom. The molecule has 0 aliphatic heterocycles. The second kappa shape index (κ2) is 4.78. The standard InChI is InChI=1S/C14H15N5/c1-10-7-11(9-15-2)8-14(16-10)19-13-6-4-3-5-12(13)17-18-19/h3-8,15H,9H2,1-2H3. The van der Waals surface area contributed by atoms with Crippen LogP contribution in [-0.2, 0) is 6.54 Å². The first-order valence-electron chi connectivity index (χ1n) is 6.21. The van der Waals surface area contributed by atoms with Gasteiger partial charge in [0.1, 0.15) is 5.52 Å². The molecule has 96 valence electrons. The number of nitrogens with zero attached hydrogens (tertiary/aromatic N) is 4. The van der Waals surface area contributed by atoms with E-state index in [0.29, 0.717) is 0 Å². The first kappa shape index (κ1) is 11.8. The van der Waals surface area contributed by atoms with E-state index in [9.17, 15) is 0 Å². The van der Waals surface area contributed by atoms with E-state index >= 15 is 0 Å². The van der Waals surface area contributed by atoms with Crippen LogP contribution in [0.4, 0.5) is 0 Å². The van der Waals surface area contributed by atoms with Gasteiger partial charge in [-0.2, -0.15) is 4.68 Å². The number of pyridine rings is 1. The summed E-state index contributed by atoms with van der Waals surface area (Å²) in [6.45, 7) is 2.80. The average Bonchev–Trinajstić information content (AvgIpc) is 2.82. The third-order valence-electron chi connectivity index (χ3n) is 2.95. The van der Waals surface area contributed by atoms with E-state index in [4.69, 9.17) is 0 Å². The van der Waals surface area contributed by atoms with Crippen molar-refractivity contribution in [2.45, 2.75) is 13.5 Å². The predicted molar refractivity (Wildman–Crippen MR) is 74.2 cm³/mol. The molecule has 5 heteroatoms. The quantitative estimate of drug-likeness (QED) is 0.774. The highest BCUT2D eigenvalue weighted by molar-refractivity contribution is 5.75. The van der Waals surface area contributed by atoms with Crippen molar-refractivity contribution in [1.29, 1.82) is 0 Å². The van der Waals surface area contributed by atoms with Crippen molar-refractivity contribution in [1.82, 2.24) is 25.3 Å². The van der Waals surface area contributed by atoms with Crippen LogP contribution in [-0.4, -0.2) is 27.0 Å². The van der Waals surface area contributed by atoms with Crippen LogP contribution in [0.1, 0.15) is 11.3 Å². The number of para-hydroxylation sites is 1. The number of benzene rings is 1. The Morgan fingerprint density at radius 2 is 2.05 bits per heavy atom. The summed E-state index contributed by atoms with van der Waals surface area (Å²) in [5, 5.41) is 11.5. The Hall–Kier alpha value is -2.27. The van der Waals surface area contributed by atoms with Gasteiger partial charge in [-0.15, -0.1) is 5.10 Å². The summed E-state index contributed by atoms with van der Waals surface area (Å²) < 4.78 is 1.78. The molecule has 2 aromatic heterocycles. The van der Waals surface area contributed by atoms with Gasteiger partial charge >= 0.3 is 0 Å². The van der Waals surface area contributed by atoms with Crippen molar-refractivity contribution in [3.8, 4) is 5.82 Å². The molecule has 3 rings (SSSR count). The fraction of sp³-hybridized carbons (Fsp3) is 0.214. The third-order valence-corrected chi connectivity index (χ3v) is 2.95. The number of rotatable bonds is 3. The minimum Gasteiger partial charge on any atom is -0.316 e. The summed E-state index contributed by atoms with van der Waals surface area (Å²) in [5.74, 6) is 0.805. The van der Waals surface area contributed by atoms with E-state index < -0.39 is 0 Å². The summed E-state index contributed by atoms with van der Waals surface area (Å²) >= 11 is 0. The van der Waals surface area contributed by atoms with Crippen LogP contribution in [0.2, 0.25) is 0 Å². The molecule has 0 aliphatic carbocycles. The van der Waals surface area contributed by atoms with Gasteiger partial charge in [-0.1, -0.05) is 17.3 Å². The molecule has 0 bridgehead atoms. The molecule has 1 N–H and O–H groups in total. The van der Waals surface area contributed by atoms with Crippen LogP contribution in [0.25, 0.3) is 16.9 Å². The van der Waals surface area contributed by atoms with E-state index in [1.54, 1.807) is 4.68 Å². The molecule has 5 nitrogen and oxygen atoms in total. The lowest BCUT2D eigenvalue weighted by molar-refractivity contribution is 0.780. The van der Waals surface area contributed by atoms with Gasteiger partial charge in [-0.3, -0.25) is 0 Å². The normalized spacial score (nSPS) is 11.1. The lowest BCUT2D eigenvalue weighted by atomic mass is 10.2. The first-order valence-corrected chi connectivity index (χ1v) is 6.21. The second-order valence-electron chi connectivity index (χ2n) is 4.50. The molecule has 0 saturated heterocycles. The molecule has 0 spiro atoms. The molecule has 0 atom stereocenters. The second-order valence-corrected chi connectivity index (χ2v) is 4.50. The summed E-state index contributed by atoms with van der Waals surface area (Å²) in [4.78, 5) is 4.54. The minimum atomic E-state index is 0.805. The van der Waals surface area contributed by atoms with E-state index in [2.05, 4.69) is 26.7 Å². The highest BCUT2D eigenvalue weighted by atomic mass is 15.4. The van der Waals surface area contributed by atoms with Gasteiger partial charge in [0.25, 0.3) is 0 Å². The van der Waals surface area contributed by atoms with Gasteiger partial charge in [0.05, 0.1) is 5.52 Å². The summed E-state index contributed by atoms with van der Waals surface area (Å²) in [6, 6.07) is 12.0. The maximum Gasteiger partial charge on any atom is 0.156 e. The van der Waals surface area contributed by atoms with Crippen LogP contribution in [0.15, 0.2) is 36.4 Å². The highest BCUT2D eigenvalue weighted by Gasteiger charge is 2.08. The molecule has 1 aromatic carbocycles. The number of aryl methyl sites for hydroxylation is 1. The van der Waals surface area contributed by atoms with Crippen LogP contribution in [0.5, 0.6) is 0 Å². The average molecular weight is 253 g/mol. The molecule has 0 aliphatic rings. The van der Waals surface area contributed by atoms with Gasteiger partial charge < -0.3 is 5.32 Å². The van der Waals surface area contributed by atoms with Crippen molar-refractivity contribution >= 4 is 11.0 Å². The molecule has 0 fully saturated rings. The number of nitrogens with one attached hydrogen (secondary N) is 1. The molecule has 19 heavy (non-hydrogen) atoms. The molecule has 2 heterocycles. The number of aromatic nitrogens is 4. The molecule has 0 saturated carbocycles. The van der Waals surface area contributed by atoms with Crippen LogP contribution in [0, 0.1) is 6.92 Å². The van der Waals surface area contributed by atoms with E-state index in [1.165, 1.54) is 5.56 Å². The Bertz CT molecular complexity index is 717. The van der Waals surface area contributed by atoms with Gasteiger partial charge in [-0.05, 0) is 43.8 Å². The maximum atomic E-state index is 4.54. The largest absolute Gasteiger partial charge is 0.316 e. The van der Waals surface area contributed by atoms with Crippen LogP contribution < -0.4 is 5.32 Å². The lowest BCUT2D eigenvalue weighted by Gasteiger charge is -2.06. The predicted octanol–water partition coefficient (Wildman–Crippen LogP) is 1.84. The minimum absolute atomic E-state index is 0.805. The van der Waals surface area contributed by atoms with Gasteiger partial charge in [0, 0.05) is 12.2 Å². The van der Waals surface area contributed by atoms with Gasteiger partial charge in [0.15, 0.2) is 5.82 Å². The van der Waals surface area contributed by atoms with Crippen molar-refractivity contribution in [3.63, 3.8) is 0 Å². The molecule has 0 unspecified atom stereocenters. The molecular weight excluding hydrogens is 238 g/mol. The maximum absolute atomic E-state index is 4.54. The molecule has 0 radical (unpaired) electrons. The Morgan fingerprint density at radius 1 is 1.21 bits per heavy atom. The number of hydrogen-bond acceptors (Lipinski definition) is 4. The zero-order valence-electron chi connectivity index (χ0n) is 11.0. The Balaban J connectivity index is 2.15. The molecule has 3 aromatic rings. The van der Waals surface area contributed by atoms with Crippen molar-refractivity contribution in [3.05, 3.63) is 47.7 Å². The van der Waals surface area contributed by atoms with E-state index in [1.807, 2.05) is 44.3 Å². The zero-order valence-corrected chi connectivity index (χ0v) is 11.0. The van der Waals surface area contributed by atoms with Gasteiger partial charge in [-0.25, -0.2) is 4.98 Å².